The van der Waals surface area contributed by atoms with Crippen LogP contribution in [-0.2, 0) is 11.3 Å². The van der Waals surface area contributed by atoms with E-state index in [1.165, 1.54) is 12.1 Å². The molecule has 0 spiro atoms. The number of carbonyl (C=O) groups excluding carboxylic acids is 1. The van der Waals surface area contributed by atoms with Crippen LogP contribution < -0.4 is 15.4 Å². The predicted molar refractivity (Wildman–Crippen MR) is 101 cm³/mol. The molecule has 6 nitrogen and oxygen atoms in total. The summed E-state index contributed by atoms with van der Waals surface area (Å²) in [6, 6.07) is 15.5. The summed E-state index contributed by atoms with van der Waals surface area (Å²) in [4.78, 5) is 18.0. The Morgan fingerprint density at radius 2 is 1.81 bits per heavy atom. The third-order valence-electron chi connectivity index (χ3n) is 3.61. The number of benzene rings is 2. The number of ether oxygens (including phenoxy) is 1. The van der Waals surface area contributed by atoms with Crippen molar-refractivity contribution in [2.75, 3.05) is 26.0 Å². The molecule has 0 heterocycles. The number of guanidine groups is 1. The van der Waals surface area contributed by atoms with Crippen LogP contribution in [0.1, 0.15) is 5.56 Å². The first-order chi connectivity index (χ1) is 13.0. The van der Waals surface area contributed by atoms with Crippen molar-refractivity contribution in [1.82, 2.24) is 10.2 Å². The Morgan fingerprint density at radius 3 is 2.41 bits per heavy atom. The van der Waals surface area contributed by atoms with Crippen molar-refractivity contribution in [2.24, 2.45) is 4.99 Å². The minimum atomic E-state index is -2.84. The lowest BCUT2D eigenvalue weighted by Gasteiger charge is -2.22. The molecule has 2 aromatic rings. The van der Waals surface area contributed by atoms with Gasteiger partial charge in [-0.2, -0.15) is 8.78 Å². The average Bonchev–Trinajstić information content (AvgIpc) is 2.64. The molecule has 0 aliphatic heterocycles. The fraction of sp³-hybridized carbons (Fsp3) is 0.263. The fourth-order valence-corrected chi connectivity index (χ4v) is 2.40. The molecule has 0 saturated heterocycles. The molecule has 1 amide bonds. The van der Waals surface area contributed by atoms with Gasteiger partial charge in [0, 0.05) is 26.3 Å². The van der Waals surface area contributed by atoms with Crippen molar-refractivity contribution in [3.05, 3.63) is 60.2 Å². The topological polar surface area (TPSA) is 66.0 Å². The van der Waals surface area contributed by atoms with Gasteiger partial charge in [0.25, 0.3) is 0 Å². The highest BCUT2D eigenvalue weighted by Gasteiger charge is 2.10. The summed E-state index contributed by atoms with van der Waals surface area (Å²) in [6.07, 6.45) is 0. The Kier molecular flexibility index (Phi) is 7.54. The van der Waals surface area contributed by atoms with Crippen LogP contribution in [0.5, 0.6) is 5.75 Å². The highest BCUT2D eigenvalue weighted by atomic mass is 19.3. The Morgan fingerprint density at radius 1 is 1.15 bits per heavy atom. The van der Waals surface area contributed by atoms with Crippen LogP contribution in [0.3, 0.4) is 0 Å². The summed E-state index contributed by atoms with van der Waals surface area (Å²) >= 11 is 0. The molecule has 0 unspecified atom stereocenters. The van der Waals surface area contributed by atoms with Crippen LogP contribution in [0, 0.1) is 0 Å². The van der Waals surface area contributed by atoms with E-state index in [-0.39, 0.29) is 18.2 Å². The summed E-state index contributed by atoms with van der Waals surface area (Å²) in [5.41, 5.74) is 1.61. The SMILES string of the molecule is CN=C(NCC(=O)Nc1ccccc1)N(C)Cc1ccc(OC(F)F)cc1. The highest BCUT2D eigenvalue weighted by Crippen LogP contribution is 2.15. The number of para-hydroxylation sites is 1. The number of carbonyl (C=O) groups is 1. The van der Waals surface area contributed by atoms with Gasteiger partial charge in [0.15, 0.2) is 5.96 Å². The number of rotatable bonds is 7. The minimum absolute atomic E-state index is 0.0626. The molecular weight excluding hydrogens is 354 g/mol. The molecule has 0 radical (unpaired) electrons. The van der Waals surface area contributed by atoms with Gasteiger partial charge in [-0.05, 0) is 29.8 Å². The maximum Gasteiger partial charge on any atom is 0.387 e. The van der Waals surface area contributed by atoms with E-state index in [1.54, 1.807) is 31.3 Å². The number of halogens is 2. The molecule has 2 rings (SSSR count). The zero-order valence-corrected chi connectivity index (χ0v) is 15.2. The second-order valence-electron chi connectivity index (χ2n) is 5.69. The number of anilines is 1. The van der Waals surface area contributed by atoms with E-state index >= 15 is 0 Å². The number of aliphatic imine (C=N–C) groups is 1. The van der Waals surface area contributed by atoms with Gasteiger partial charge in [0.2, 0.25) is 5.91 Å². The number of alkyl halides is 2. The second kappa shape index (κ2) is 10.1. The summed E-state index contributed by atoms with van der Waals surface area (Å²) in [5, 5.41) is 5.77. The van der Waals surface area contributed by atoms with Gasteiger partial charge in [0.05, 0.1) is 6.54 Å². The fourth-order valence-electron chi connectivity index (χ4n) is 2.40. The first kappa shape index (κ1) is 20.2. The number of amides is 1. The molecule has 0 aliphatic rings. The quantitative estimate of drug-likeness (QED) is 0.576. The van der Waals surface area contributed by atoms with Crippen molar-refractivity contribution in [3.8, 4) is 5.75 Å². The molecule has 0 aromatic heterocycles. The number of hydrogen-bond donors (Lipinski definition) is 2. The lowest BCUT2D eigenvalue weighted by Crippen LogP contribution is -2.42. The molecule has 0 bridgehead atoms. The summed E-state index contributed by atoms with van der Waals surface area (Å²) < 4.78 is 28.7. The van der Waals surface area contributed by atoms with E-state index in [0.29, 0.717) is 12.5 Å². The minimum Gasteiger partial charge on any atom is -0.435 e. The Hall–Kier alpha value is -3.16. The van der Waals surface area contributed by atoms with Crippen molar-refractivity contribution in [3.63, 3.8) is 0 Å². The largest absolute Gasteiger partial charge is 0.435 e. The van der Waals surface area contributed by atoms with E-state index in [0.717, 1.165) is 11.3 Å². The molecule has 2 aromatic carbocycles. The molecule has 27 heavy (non-hydrogen) atoms. The number of hydrogen-bond acceptors (Lipinski definition) is 3. The van der Waals surface area contributed by atoms with Gasteiger partial charge in [-0.25, -0.2) is 0 Å². The first-order valence-electron chi connectivity index (χ1n) is 8.28. The molecule has 2 N–H and O–H groups in total. The summed E-state index contributed by atoms with van der Waals surface area (Å²) in [6.45, 7) is -2.30. The maximum atomic E-state index is 12.2. The summed E-state index contributed by atoms with van der Waals surface area (Å²) in [7, 11) is 3.43. The third kappa shape index (κ3) is 6.93. The normalized spacial score (nSPS) is 11.2. The third-order valence-corrected chi connectivity index (χ3v) is 3.61. The zero-order chi connectivity index (χ0) is 19.6. The van der Waals surface area contributed by atoms with Crippen LogP contribution in [0.15, 0.2) is 59.6 Å². The van der Waals surface area contributed by atoms with Crippen LogP contribution in [0.2, 0.25) is 0 Å². The molecule has 0 atom stereocenters. The number of nitrogens with zero attached hydrogens (tertiary/aromatic N) is 2. The van der Waals surface area contributed by atoms with E-state index in [9.17, 15) is 13.6 Å². The standard InChI is InChI=1S/C19H22F2N4O2/c1-22-19(23-12-17(26)24-15-6-4-3-5-7-15)25(2)13-14-8-10-16(11-9-14)27-18(20)21/h3-11,18H,12-13H2,1-2H3,(H,22,23)(H,24,26). The van der Waals surface area contributed by atoms with E-state index in [2.05, 4.69) is 20.4 Å². The van der Waals surface area contributed by atoms with Crippen LogP contribution in [-0.4, -0.2) is 44.0 Å². The first-order valence-corrected chi connectivity index (χ1v) is 8.28. The van der Waals surface area contributed by atoms with Gasteiger partial charge in [-0.3, -0.25) is 9.79 Å². The number of nitrogens with one attached hydrogen (secondary N) is 2. The molecular formula is C19H22F2N4O2. The smallest absolute Gasteiger partial charge is 0.387 e. The van der Waals surface area contributed by atoms with Gasteiger partial charge in [0.1, 0.15) is 5.75 Å². The molecule has 0 saturated carbocycles. The lowest BCUT2D eigenvalue weighted by atomic mass is 10.2. The molecule has 0 fully saturated rings. The zero-order valence-electron chi connectivity index (χ0n) is 15.2. The second-order valence-corrected chi connectivity index (χ2v) is 5.69. The van der Waals surface area contributed by atoms with Gasteiger partial charge < -0.3 is 20.3 Å². The van der Waals surface area contributed by atoms with Gasteiger partial charge >= 0.3 is 6.61 Å². The molecule has 144 valence electrons. The monoisotopic (exact) mass is 376 g/mol. The molecule has 8 heteroatoms. The van der Waals surface area contributed by atoms with E-state index in [4.69, 9.17) is 0 Å². The Balaban J connectivity index is 1.84. The van der Waals surface area contributed by atoms with Crippen molar-refractivity contribution < 1.29 is 18.3 Å². The van der Waals surface area contributed by atoms with Crippen molar-refractivity contribution in [2.45, 2.75) is 13.2 Å². The van der Waals surface area contributed by atoms with E-state index < -0.39 is 6.61 Å². The predicted octanol–water partition coefficient (Wildman–Crippen LogP) is 2.93. The van der Waals surface area contributed by atoms with Crippen molar-refractivity contribution in [1.29, 1.82) is 0 Å². The van der Waals surface area contributed by atoms with Crippen LogP contribution in [0.4, 0.5) is 14.5 Å². The van der Waals surface area contributed by atoms with E-state index in [1.807, 2.05) is 30.1 Å². The molecule has 0 aliphatic carbocycles. The Labute approximate surface area is 156 Å². The lowest BCUT2D eigenvalue weighted by molar-refractivity contribution is -0.115. The van der Waals surface area contributed by atoms with Crippen molar-refractivity contribution >= 4 is 17.6 Å². The van der Waals surface area contributed by atoms with Crippen LogP contribution in [0.25, 0.3) is 0 Å². The highest BCUT2D eigenvalue weighted by molar-refractivity contribution is 5.94. The Bertz CT molecular complexity index is 752. The van der Waals surface area contributed by atoms with Crippen LogP contribution >= 0.6 is 0 Å². The van der Waals surface area contributed by atoms with Gasteiger partial charge in [-0.1, -0.05) is 30.3 Å². The maximum absolute atomic E-state index is 12.2. The van der Waals surface area contributed by atoms with Gasteiger partial charge in [-0.15, -0.1) is 0 Å². The summed E-state index contributed by atoms with van der Waals surface area (Å²) in [5.74, 6) is 0.451. The average molecular weight is 376 g/mol.